The van der Waals surface area contributed by atoms with Gasteiger partial charge in [-0.1, -0.05) is 12.1 Å². The molecule has 49 heavy (non-hydrogen) atoms. The van der Waals surface area contributed by atoms with E-state index in [9.17, 15) is 25.5 Å². The molecule has 1 saturated heterocycles. The Morgan fingerprint density at radius 3 is 1.53 bits per heavy atom. The molecule has 15 nitrogen and oxygen atoms in total. The lowest BCUT2D eigenvalue weighted by atomic mass is 10.00. The Bertz CT molecular complexity index is 1610. The van der Waals surface area contributed by atoms with Crippen LogP contribution in [0.1, 0.15) is 29.2 Å². The average Bonchev–Trinajstić information content (AvgIpc) is 3.03. The topological polar surface area (TPSA) is 281 Å². The van der Waals surface area contributed by atoms with Crippen LogP contribution in [-0.4, -0.2) is 97.1 Å². The van der Waals surface area contributed by atoms with E-state index in [1.165, 1.54) is 55.5 Å². The molecule has 1 heterocycles. The number of hydrogen-bond acceptors (Lipinski definition) is 15. The summed E-state index contributed by atoms with van der Waals surface area (Å²) in [6.07, 6.45) is -6.16. The lowest BCUT2D eigenvalue weighted by Crippen LogP contribution is -2.58. The average molecular weight is 691 g/mol. The Labute approximate surface area is 281 Å². The van der Waals surface area contributed by atoms with Crippen LogP contribution in [0.5, 0.6) is 63.2 Å². The molecule has 5 atom stereocenters. The Kier molecular flexibility index (Phi) is 13.8. The van der Waals surface area contributed by atoms with E-state index in [0.29, 0.717) is 16.7 Å². The SMILES string of the molecule is Cc1c(O)cc(O)cc1O.Cc1cc(O)c(O)c(O)c1.Cc1ccc(O)cc1O.Cc1ccc(OC2OC(C)C(O)C(O)C2O)c(O)c1O. The first-order chi connectivity index (χ1) is 22.7. The Morgan fingerprint density at radius 1 is 0.510 bits per heavy atom. The van der Waals surface area contributed by atoms with E-state index in [-0.39, 0.29) is 51.7 Å². The van der Waals surface area contributed by atoms with Crippen molar-refractivity contribution in [3.8, 4) is 63.2 Å². The van der Waals surface area contributed by atoms with Gasteiger partial charge in [-0.05, 0) is 75.6 Å². The standard InChI is InChI=1S/C13H18O7.2C7H8O3.C7H8O2/c1-5-3-4-7(10(16)8(5)14)20-13-12(18)11(17)9(15)6(2)19-13;1-4-6(9)2-5(8)3-7(4)10;1-4-2-5(8)7(10)6(9)3-4;1-5-2-3-6(8)4-7(5)9/h3-4,6,9,11-18H,1-2H3;2*2-3,8-10H,1H3;2-4,8-9H,1H3. The highest BCUT2D eigenvalue weighted by atomic mass is 16.7. The summed E-state index contributed by atoms with van der Waals surface area (Å²) < 4.78 is 10.5. The summed E-state index contributed by atoms with van der Waals surface area (Å²) in [5.41, 5.74) is 2.31. The van der Waals surface area contributed by atoms with Gasteiger partial charge < -0.3 is 75.9 Å². The minimum Gasteiger partial charge on any atom is -0.508 e. The molecule has 0 aliphatic carbocycles. The molecule has 1 aliphatic rings. The summed E-state index contributed by atoms with van der Waals surface area (Å²) in [6.45, 7) is 8.16. The Hall–Kier alpha value is -5.48. The lowest BCUT2D eigenvalue weighted by molar-refractivity contribution is -0.268. The maximum atomic E-state index is 9.80. The molecule has 15 heteroatoms. The molecule has 1 aliphatic heterocycles. The number of phenols is 10. The minimum absolute atomic E-state index is 0.0899. The van der Waals surface area contributed by atoms with Gasteiger partial charge in [0.15, 0.2) is 28.7 Å². The summed E-state index contributed by atoms with van der Waals surface area (Å²) in [7, 11) is 0. The summed E-state index contributed by atoms with van der Waals surface area (Å²) in [4.78, 5) is 0. The number of phenolic OH excluding ortho intramolecular Hbond substituents is 10. The van der Waals surface area contributed by atoms with Crippen molar-refractivity contribution in [2.45, 2.75) is 65.3 Å². The van der Waals surface area contributed by atoms with Crippen LogP contribution in [0.2, 0.25) is 0 Å². The van der Waals surface area contributed by atoms with Crippen LogP contribution in [0, 0.1) is 27.7 Å². The molecule has 0 saturated carbocycles. The number of aliphatic hydroxyl groups excluding tert-OH is 3. The number of aryl methyl sites for hydroxylation is 3. The van der Waals surface area contributed by atoms with Crippen molar-refractivity contribution in [2.75, 3.05) is 0 Å². The molecule has 268 valence electrons. The molecule has 1 fully saturated rings. The Morgan fingerprint density at radius 2 is 1.02 bits per heavy atom. The first-order valence-corrected chi connectivity index (χ1v) is 14.5. The number of benzene rings is 4. The summed E-state index contributed by atoms with van der Waals surface area (Å²) in [5.74, 6) is -2.06. The van der Waals surface area contributed by atoms with Crippen molar-refractivity contribution >= 4 is 0 Å². The van der Waals surface area contributed by atoms with Gasteiger partial charge in [0, 0.05) is 23.8 Å². The molecule has 0 aromatic heterocycles. The summed E-state index contributed by atoms with van der Waals surface area (Å²) in [5, 5.41) is 119. The zero-order chi connectivity index (χ0) is 37.3. The van der Waals surface area contributed by atoms with E-state index in [1.54, 1.807) is 33.8 Å². The van der Waals surface area contributed by atoms with Gasteiger partial charge in [0.1, 0.15) is 47.1 Å². The van der Waals surface area contributed by atoms with Crippen LogP contribution in [0.3, 0.4) is 0 Å². The van der Waals surface area contributed by atoms with E-state index in [4.69, 9.17) is 50.3 Å². The van der Waals surface area contributed by atoms with Gasteiger partial charge in [0.05, 0.1) is 6.10 Å². The van der Waals surface area contributed by atoms with Gasteiger partial charge in [0.25, 0.3) is 0 Å². The largest absolute Gasteiger partial charge is 0.508 e. The number of aromatic hydroxyl groups is 10. The molecule has 0 radical (unpaired) electrons. The first-order valence-electron chi connectivity index (χ1n) is 14.5. The molecule has 0 spiro atoms. The fraction of sp³-hybridized carbons (Fsp3) is 0.294. The van der Waals surface area contributed by atoms with Gasteiger partial charge in [0.2, 0.25) is 12.0 Å². The molecular weight excluding hydrogens is 648 g/mol. The number of rotatable bonds is 2. The van der Waals surface area contributed by atoms with Gasteiger partial charge in [-0.15, -0.1) is 0 Å². The molecule has 5 rings (SSSR count). The molecule has 4 aromatic carbocycles. The highest BCUT2D eigenvalue weighted by Gasteiger charge is 2.43. The van der Waals surface area contributed by atoms with Crippen LogP contribution >= 0.6 is 0 Å². The van der Waals surface area contributed by atoms with Gasteiger partial charge >= 0.3 is 0 Å². The van der Waals surface area contributed by atoms with E-state index >= 15 is 0 Å². The zero-order valence-corrected chi connectivity index (χ0v) is 27.2. The Balaban J connectivity index is 0.000000244. The van der Waals surface area contributed by atoms with Crippen LogP contribution in [-0.2, 0) is 4.74 Å². The summed E-state index contributed by atoms with van der Waals surface area (Å²) >= 11 is 0. The van der Waals surface area contributed by atoms with Crippen molar-refractivity contribution in [3.63, 3.8) is 0 Å². The maximum Gasteiger partial charge on any atom is 0.229 e. The van der Waals surface area contributed by atoms with Crippen molar-refractivity contribution in [1.29, 1.82) is 0 Å². The van der Waals surface area contributed by atoms with E-state index in [1.807, 2.05) is 0 Å². The third-order valence-electron chi connectivity index (χ3n) is 7.11. The van der Waals surface area contributed by atoms with Gasteiger partial charge in [-0.25, -0.2) is 0 Å². The monoisotopic (exact) mass is 690 g/mol. The molecule has 5 unspecified atom stereocenters. The van der Waals surface area contributed by atoms with Crippen molar-refractivity contribution < 1.29 is 75.9 Å². The predicted octanol–water partition coefficient (Wildman–Crippen LogP) is 3.24. The molecule has 0 bridgehead atoms. The third-order valence-corrected chi connectivity index (χ3v) is 7.11. The second kappa shape index (κ2) is 17.1. The molecule has 0 amide bonds. The van der Waals surface area contributed by atoms with Crippen LogP contribution in [0.4, 0.5) is 0 Å². The summed E-state index contributed by atoms with van der Waals surface area (Å²) in [6, 6.07) is 12.5. The first kappa shape index (κ1) is 39.7. The minimum atomic E-state index is -1.48. The quantitative estimate of drug-likeness (QED) is 0.134. The van der Waals surface area contributed by atoms with Crippen molar-refractivity contribution in [1.82, 2.24) is 0 Å². The van der Waals surface area contributed by atoms with Crippen molar-refractivity contribution in [3.05, 3.63) is 76.9 Å². The number of aliphatic hydroxyl groups is 3. The van der Waals surface area contributed by atoms with E-state index < -0.39 is 42.2 Å². The second-order valence-corrected chi connectivity index (χ2v) is 11.1. The lowest BCUT2D eigenvalue weighted by Gasteiger charge is -2.38. The fourth-order valence-corrected chi connectivity index (χ4v) is 4.00. The molecule has 4 aromatic rings. The van der Waals surface area contributed by atoms with E-state index in [2.05, 4.69) is 0 Å². The highest BCUT2D eigenvalue weighted by molar-refractivity contribution is 5.53. The van der Waals surface area contributed by atoms with Gasteiger partial charge in [-0.3, -0.25) is 0 Å². The fourth-order valence-electron chi connectivity index (χ4n) is 4.00. The van der Waals surface area contributed by atoms with Crippen molar-refractivity contribution in [2.24, 2.45) is 0 Å². The van der Waals surface area contributed by atoms with Crippen LogP contribution in [0.15, 0.2) is 54.6 Å². The second-order valence-electron chi connectivity index (χ2n) is 11.1. The van der Waals surface area contributed by atoms with E-state index in [0.717, 1.165) is 5.56 Å². The number of hydrogen-bond donors (Lipinski definition) is 13. The normalized spacial score (nSPS) is 19.6. The predicted molar refractivity (Wildman–Crippen MR) is 174 cm³/mol. The highest BCUT2D eigenvalue weighted by Crippen LogP contribution is 2.39. The smallest absolute Gasteiger partial charge is 0.229 e. The third kappa shape index (κ3) is 10.8. The maximum absolute atomic E-state index is 9.80. The number of ether oxygens (including phenoxy) is 2. The van der Waals surface area contributed by atoms with Gasteiger partial charge in [-0.2, -0.15) is 0 Å². The molecular formula is C34H42O15. The zero-order valence-electron chi connectivity index (χ0n) is 27.2. The van der Waals surface area contributed by atoms with Crippen LogP contribution in [0.25, 0.3) is 0 Å². The van der Waals surface area contributed by atoms with Crippen LogP contribution < -0.4 is 4.74 Å². The molecule has 13 N–H and O–H groups in total.